The van der Waals surface area contributed by atoms with Gasteiger partial charge >= 0.3 is 0 Å². The second kappa shape index (κ2) is 3.87. The summed E-state index contributed by atoms with van der Waals surface area (Å²) in [5.41, 5.74) is 7.86. The molecule has 0 aliphatic carbocycles. The minimum Gasteiger partial charge on any atom is -0.329 e. The molecule has 2 rings (SSSR count). The Morgan fingerprint density at radius 1 is 1.50 bits per heavy atom. The number of fused-ring (bicyclic) bond motifs is 1. The fourth-order valence-electron chi connectivity index (χ4n) is 1.97. The van der Waals surface area contributed by atoms with Crippen LogP contribution < -0.4 is 5.73 Å². The van der Waals surface area contributed by atoms with Crippen molar-refractivity contribution in [2.24, 2.45) is 12.8 Å². The third-order valence-electron chi connectivity index (χ3n) is 3.45. The van der Waals surface area contributed by atoms with Crippen LogP contribution in [0.25, 0.3) is 11.0 Å². The van der Waals surface area contributed by atoms with E-state index in [9.17, 15) is 0 Å². The van der Waals surface area contributed by atoms with Crippen molar-refractivity contribution in [3.8, 4) is 0 Å². The number of rotatable bonds is 3. The Hall–Kier alpha value is -1.42. The number of aromatic nitrogens is 3. The van der Waals surface area contributed by atoms with Crippen LogP contribution >= 0.6 is 0 Å². The quantitative estimate of drug-likeness (QED) is 0.851. The van der Waals surface area contributed by atoms with Gasteiger partial charge in [0.1, 0.15) is 5.82 Å². The van der Waals surface area contributed by atoms with Gasteiger partial charge in [-0.05, 0) is 12.5 Å². The van der Waals surface area contributed by atoms with Crippen molar-refractivity contribution in [3.63, 3.8) is 0 Å². The Kier molecular flexibility index (Phi) is 2.68. The number of hydrogen-bond donors (Lipinski definition) is 1. The van der Waals surface area contributed by atoms with Gasteiger partial charge in [0.15, 0.2) is 0 Å². The van der Waals surface area contributed by atoms with Gasteiger partial charge in [0.05, 0.1) is 17.2 Å². The molecule has 2 aromatic heterocycles. The van der Waals surface area contributed by atoms with Crippen LogP contribution in [0.4, 0.5) is 0 Å². The maximum absolute atomic E-state index is 5.87. The van der Waals surface area contributed by atoms with Gasteiger partial charge in [0.25, 0.3) is 0 Å². The Bertz CT molecular complexity index is 497. The SMILES string of the molecule is CCC(C)(CN)c1nc2ccncc2n1C. The monoisotopic (exact) mass is 218 g/mol. The summed E-state index contributed by atoms with van der Waals surface area (Å²) >= 11 is 0. The lowest BCUT2D eigenvalue weighted by Gasteiger charge is -2.25. The molecule has 0 aliphatic heterocycles. The first-order valence-corrected chi connectivity index (χ1v) is 5.59. The summed E-state index contributed by atoms with van der Waals surface area (Å²) in [6.07, 6.45) is 4.59. The van der Waals surface area contributed by atoms with Gasteiger partial charge in [-0.3, -0.25) is 4.98 Å². The molecule has 16 heavy (non-hydrogen) atoms. The molecule has 0 fully saturated rings. The highest BCUT2D eigenvalue weighted by atomic mass is 15.1. The molecule has 0 bridgehead atoms. The van der Waals surface area contributed by atoms with Gasteiger partial charge in [-0.1, -0.05) is 13.8 Å². The molecule has 2 heterocycles. The largest absolute Gasteiger partial charge is 0.329 e. The molecule has 4 nitrogen and oxygen atoms in total. The topological polar surface area (TPSA) is 56.7 Å². The molecule has 0 saturated heterocycles. The van der Waals surface area contributed by atoms with E-state index in [-0.39, 0.29) is 5.41 Å². The van der Waals surface area contributed by atoms with E-state index >= 15 is 0 Å². The normalized spacial score (nSPS) is 15.2. The molecule has 0 amide bonds. The predicted molar refractivity (Wildman–Crippen MR) is 65.2 cm³/mol. The van der Waals surface area contributed by atoms with Crippen molar-refractivity contribution in [3.05, 3.63) is 24.3 Å². The van der Waals surface area contributed by atoms with Gasteiger partial charge in [0, 0.05) is 25.2 Å². The van der Waals surface area contributed by atoms with Crippen LogP contribution in [-0.4, -0.2) is 21.1 Å². The van der Waals surface area contributed by atoms with Crippen LogP contribution in [0.3, 0.4) is 0 Å². The van der Waals surface area contributed by atoms with Crippen molar-refractivity contribution in [1.82, 2.24) is 14.5 Å². The molecule has 4 heteroatoms. The van der Waals surface area contributed by atoms with E-state index in [1.165, 1.54) is 0 Å². The summed E-state index contributed by atoms with van der Waals surface area (Å²) in [7, 11) is 2.02. The van der Waals surface area contributed by atoms with Crippen LogP contribution in [0.1, 0.15) is 26.1 Å². The Labute approximate surface area is 95.5 Å². The second-order valence-corrected chi connectivity index (χ2v) is 4.48. The van der Waals surface area contributed by atoms with Crippen LogP contribution in [0.5, 0.6) is 0 Å². The molecule has 0 spiro atoms. The molecule has 0 aromatic carbocycles. The third-order valence-corrected chi connectivity index (χ3v) is 3.45. The Morgan fingerprint density at radius 2 is 2.25 bits per heavy atom. The van der Waals surface area contributed by atoms with E-state index < -0.39 is 0 Å². The van der Waals surface area contributed by atoms with Gasteiger partial charge in [0.2, 0.25) is 0 Å². The minimum absolute atomic E-state index is 0.0617. The van der Waals surface area contributed by atoms with Gasteiger partial charge in [-0.25, -0.2) is 4.98 Å². The van der Waals surface area contributed by atoms with Crippen molar-refractivity contribution in [1.29, 1.82) is 0 Å². The fourth-order valence-corrected chi connectivity index (χ4v) is 1.97. The molecule has 2 N–H and O–H groups in total. The number of aryl methyl sites for hydroxylation is 1. The van der Waals surface area contributed by atoms with Crippen LogP contribution in [0, 0.1) is 0 Å². The Balaban J connectivity index is 2.65. The van der Waals surface area contributed by atoms with Crippen LogP contribution in [-0.2, 0) is 12.5 Å². The molecule has 0 aliphatic rings. The van der Waals surface area contributed by atoms with Gasteiger partial charge < -0.3 is 10.3 Å². The molecular formula is C12H18N4. The van der Waals surface area contributed by atoms with E-state index in [0.29, 0.717) is 6.54 Å². The molecule has 1 atom stereocenters. The maximum Gasteiger partial charge on any atom is 0.116 e. The minimum atomic E-state index is -0.0617. The summed E-state index contributed by atoms with van der Waals surface area (Å²) in [5, 5.41) is 0. The van der Waals surface area contributed by atoms with Gasteiger partial charge in [-0.2, -0.15) is 0 Å². The van der Waals surface area contributed by atoms with Crippen LogP contribution in [0.2, 0.25) is 0 Å². The number of pyridine rings is 1. The first kappa shape index (κ1) is 11.1. The molecule has 2 aromatic rings. The van der Waals surface area contributed by atoms with Crippen molar-refractivity contribution in [2.75, 3.05) is 6.54 Å². The first-order valence-electron chi connectivity index (χ1n) is 5.59. The highest BCUT2D eigenvalue weighted by molar-refractivity contribution is 5.74. The van der Waals surface area contributed by atoms with E-state index in [1.807, 2.05) is 19.3 Å². The smallest absolute Gasteiger partial charge is 0.116 e. The molecule has 86 valence electrons. The van der Waals surface area contributed by atoms with Crippen LogP contribution in [0.15, 0.2) is 18.5 Å². The molecule has 0 saturated carbocycles. The Morgan fingerprint density at radius 3 is 2.81 bits per heavy atom. The van der Waals surface area contributed by atoms with E-state index in [4.69, 9.17) is 5.73 Å². The van der Waals surface area contributed by atoms with Gasteiger partial charge in [-0.15, -0.1) is 0 Å². The number of nitrogens with zero attached hydrogens (tertiary/aromatic N) is 3. The van der Waals surface area contributed by atoms with Crippen molar-refractivity contribution >= 4 is 11.0 Å². The summed E-state index contributed by atoms with van der Waals surface area (Å²) in [6.45, 7) is 4.90. The molecule has 0 radical (unpaired) electrons. The lowest BCUT2D eigenvalue weighted by molar-refractivity contribution is 0.427. The zero-order valence-corrected chi connectivity index (χ0v) is 10.1. The average molecular weight is 218 g/mol. The third kappa shape index (κ3) is 1.50. The van der Waals surface area contributed by atoms with Crippen molar-refractivity contribution in [2.45, 2.75) is 25.7 Å². The number of imidazole rings is 1. The predicted octanol–water partition coefficient (Wildman–Crippen LogP) is 1.59. The fraction of sp³-hybridized carbons (Fsp3) is 0.500. The zero-order valence-electron chi connectivity index (χ0n) is 10.1. The standard InChI is InChI=1S/C12H18N4/c1-4-12(2,8-13)11-15-9-5-6-14-7-10(9)16(11)3/h5-7H,4,8,13H2,1-3H3. The van der Waals surface area contributed by atoms with Crippen molar-refractivity contribution < 1.29 is 0 Å². The maximum atomic E-state index is 5.87. The number of hydrogen-bond acceptors (Lipinski definition) is 3. The summed E-state index contributed by atoms with van der Waals surface area (Å²) in [4.78, 5) is 8.80. The average Bonchev–Trinajstić information content (AvgIpc) is 2.67. The highest BCUT2D eigenvalue weighted by Gasteiger charge is 2.28. The molecular weight excluding hydrogens is 200 g/mol. The summed E-state index contributed by atoms with van der Waals surface area (Å²) in [5.74, 6) is 1.04. The molecule has 1 unspecified atom stereocenters. The lowest BCUT2D eigenvalue weighted by atomic mass is 9.87. The lowest BCUT2D eigenvalue weighted by Crippen LogP contribution is -2.33. The number of nitrogens with two attached hydrogens (primary N) is 1. The van der Waals surface area contributed by atoms with E-state index in [0.717, 1.165) is 23.3 Å². The summed E-state index contributed by atoms with van der Waals surface area (Å²) in [6, 6.07) is 1.94. The summed E-state index contributed by atoms with van der Waals surface area (Å²) < 4.78 is 2.10. The second-order valence-electron chi connectivity index (χ2n) is 4.48. The highest BCUT2D eigenvalue weighted by Crippen LogP contribution is 2.27. The van der Waals surface area contributed by atoms with E-state index in [2.05, 4.69) is 28.4 Å². The van der Waals surface area contributed by atoms with E-state index in [1.54, 1.807) is 6.20 Å². The first-order chi connectivity index (χ1) is 7.62. The zero-order chi connectivity index (χ0) is 11.8.